The van der Waals surface area contributed by atoms with Gasteiger partial charge in [0.05, 0.1) is 5.02 Å². The van der Waals surface area contributed by atoms with Gasteiger partial charge >= 0.3 is 0 Å². The van der Waals surface area contributed by atoms with E-state index in [9.17, 15) is 0 Å². The number of benzene rings is 1. The van der Waals surface area contributed by atoms with Gasteiger partial charge in [-0.15, -0.1) is 0 Å². The standard InChI is InChI=1S/C15H20BrClN4/c1-3-8-18-13(9-14-19-10-20-21(14)4-2)11-6-5-7-12(16)15(11)17/h5-7,10,13,18H,3-4,8-9H2,1-2H3. The van der Waals surface area contributed by atoms with Crippen molar-refractivity contribution in [3.8, 4) is 0 Å². The van der Waals surface area contributed by atoms with Crippen molar-refractivity contribution < 1.29 is 0 Å². The third-order valence-electron chi connectivity index (χ3n) is 3.38. The summed E-state index contributed by atoms with van der Waals surface area (Å²) >= 11 is 9.95. The molecule has 0 fully saturated rings. The zero-order chi connectivity index (χ0) is 15.2. The SMILES string of the molecule is CCCNC(Cc1ncnn1CC)c1cccc(Br)c1Cl. The van der Waals surface area contributed by atoms with E-state index in [4.69, 9.17) is 11.6 Å². The van der Waals surface area contributed by atoms with E-state index in [-0.39, 0.29) is 6.04 Å². The van der Waals surface area contributed by atoms with E-state index in [0.717, 1.165) is 46.8 Å². The lowest BCUT2D eigenvalue weighted by atomic mass is 10.0. The Morgan fingerprint density at radius 3 is 2.90 bits per heavy atom. The normalized spacial score (nSPS) is 12.6. The summed E-state index contributed by atoms with van der Waals surface area (Å²) in [5, 5.41) is 8.55. The fraction of sp³-hybridized carbons (Fsp3) is 0.467. The van der Waals surface area contributed by atoms with Crippen LogP contribution in [0.3, 0.4) is 0 Å². The average molecular weight is 372 g/mol. The van der Waals surface area contributed by atoms with Gasteiger partial charge in [0.15, 0.2) is 0 Å². The molecule has 0 bridgehead atoms. The maximum Gasteiger partial charge on any atom is 0.138 e. The van der Waals surface area contributed by atoms with Crippen molar-refractivity contribution in [1.29, 1.82) is 0 Å². The lowest BCUT2D eigenvalue weighted by Gasteiger charge is -2.20. The van der Waals surface area contributed by atoms with Crippen LogP contribution >= 0.6 is 27.5 Å². The van der Waals surface area contributed by atoms with E-state index in [1.807, 2.05) is 16.8 Å². The first-order valence-corrected chi connectivity index (χ1v) is 8.38. The Morgan fingerprint density at radius 2 is 2.19 bits per heavy atom. The second-order valence-electron chi connectivity index (χ2n) is 4.85. The lowest BCUT2D eigenvalue weighted by Crippen LogP contribution is -2.25. The minimum absolute atomic E-state index is 0.129. The Labute approximate surface area is 139 Å². The molecule has 1 heterocycles. The molecule has 0 spiro atoms. The van der Waals surface area contributed by atoms with Crippen LogP contribution in [-0.4, -0.2) is 21.3 Å². The predicted molar refractivity (Wildman–Crippen MR) is 89.6 cm³/mol. The number of hydrogen-bond donors (Lipinski definition) is 1. The first-order chi connectivity index (χ1) is 10.2. The van der Waals surface area contributed by atoms with Crippen molar-refractivity contribution in [1.82, 2.24) is 20.1 Å². The zero-order valence-corrected chi connectivity index (χ0v) is 14.7. The summed E-state index contributed by atoms with van der Waals surface area (Å²) < 4.78 is 2.84. The molecular weight excluding hydrogens is 352 g/mol. The van der Waals surface area contributed by atoms with Gasteiger partial charge in [0.1, 0.15) is 12.2 Å². The smallest absolute Gasteiger partial charge is 0.138 e. The van der Waals surface area contributed by atoms with Crippen LogP contribution in [0, 0.1) is 0 Å². The van der Waals surface area contributed by atoms with Gasteiger partial charge in [0, 0.05) is 23.5 Å². The van der Waals surface area contributed by atoms with Gasteiger partial charge in [-0.3, -0.25) is 4.68 Å². The Bertz CT molecular complexity index is 585. The van der Waals surface area contributed by atoms with Gasteiger partial charge in [0.25, 0.3) is 0 Å². The van der Waals surface area contributed by atoms with Crippen molar-refractivity contribution >= 4 is 27.5 Å². The molecule has 1 N–H and O–H groups in total. The third-order valence-corrected chi connectivity index (χ3v) is 4.69. The summed E-state index contributed by atoms with van der Waals surface area (Å²) in [5.41, 5.74) is 1.09. The fourth-order valence-electron chi connectivity index (χ4n) is 2.29. The van der Waals surface area contributed by atoms with Crippen LogP contribution in [0.2, 0.25) is 5.02 Å². The molecule has 2 aromatic rings. The van der Waals surface area contributed by atoms with Gasteiger partial charge in [-0.05, 0) is 47.4 Å². The van der Waals surface area contributed by atoms with Crippen LogP contribution in [0.4, 0.5) is 0 Å². The van der Waals surface area contributed by atoms with Gasteiger partial charge in [0.2, 0.25) is 0 Å². The van der Waals surface area contributed by atoms with E-state index in [0.29, 0.717) is 0 Å². The lowest BCUT2D eigenvalue weighted by molar-refractivity contribution is 0.497. The summed E-state index contributed by atoms with van der Waals surface area (Å²) in [6, 6.07) is 6.16. The molecule has 1 unspecified atom stereocenters. The number of aryl methyl sites for hydroxylation is 1. The van der Waals surface area contributed by atoms with Crippen LogP contribution in [0.25, 0.3) is 0 Å². The molecule has 0 aliphatic carbocycles. The highest BCUT2D eigenvalue weighted by molar-refractivity contribution is 9.10. The number of aromatic nitrogens is 3. The molecule has 6 heteroatoms. The number of rotatable bonds is 7. The molecule has 1 aromatic heterocycles. The van der Waals surface area contributed by atoms with E-state index in [1.54, 1.807) is 6.33 Å². The molecule has 0 amide bonds. The van der Waals surface area contributed by atoms with Crippen molar-refractivity contribution in [2.24, 2.45) is 0 Å². The van der Waals surface area contributed by atoms with Crippen LogP contribution in [-0.2, 0) is 13.0 Å². The Hall–Kier alpha value is -0.910. The predicted octanol–water partition coefficient (Wildman–Crippen LogP) is 4.00. The first kappa shape index (κ1) is 16.5. The van der Waals surface area contributed by atoms with E-state index in [2.05, 4.69) is 51.2 Å². The molecule has 0 aliphatic rings. The molecular formula is C15H20BrClN4. The topological polar surface area (TPSA) is 42.7 Å². The van der Waals surface area contributed by atoms with Gasteiger partial charge < -0.3 is 5.32 Å². The summed E-state index contributed by atoms with van der Waals surface area (Å²) in [7, 11) is 0. The fourth-order valence-corrected chi connectivity index (χ4v) is 2.93. The average Bonchev–Trinajstić information content (AvgIpc) is 2.93. The molecule has 1 aromatic carbocycles. The van der Waals surface area contributed by atoms with E-state index < -0.39 is 0 Å². The van der Waals surface area contributed by atoms with Crippen molar-refractivity contribution in [2.45, 2.75) is 39.3 Å². The Morgan fingerprint density at radius 1 is 1.38 bits per heavy atom. The summed E-state index contributed by atoms with van der Waals surface area (Å²) in [5.74, 6) is 0.974. The summed E-state index contributed by atoms with van der Waals surface area (Å²) in [6.07, 6.45) is 3.45. The first-order valence-electron chi connectivity index (χ1n) is 7.21. The van der Waals surface area contributed by atoms with Crippen molar-refractivity contribution in [2.75, 3.05) is 6.54 Å². The van der Waals surface area contributed by atoms with Crippen LogP contribution in [0.5, 0.6) is 0 Å². The van der Waals surface area contributed by atoms with Crippen LogP contribution in [0.15, 0.2) is 29.0 Å². The number of halogens is 2. The maximum atomic E-state index is 6.45. The van der Waals surface area contributed by atoms with Gasteiger partial charge in [-0.25, -0.2) is 4.98 Å². The molecule has 114 valence electrons. The van der Waals surface area contributed by atoms with Gasteiger partial charge in [-0.2, -0.15) is 5.10 Å². The molecule has 2 rings (SSSR count). The minimum atomic E-state index is 0.129. The van der Waals surface area contributed by atoms with Crippen molar-refractivity contribution in [3.05, 3.63) is 45.4 Å². The second-order valence-corrected chi connectivity index (χ2v) is 6.08. The Balaban J connectivity index is 2.28. The third kappa shape index (κ3) is 4.05. The van der Waals surface area contributed by atoms with Crippen LogP contribution < -0.4 is 5.32 Å². The molecule has 4 nitrogen and oxygen atoms in total. The second kappa shape index (κ2) is 7.92. The Kier molecular flexibility index (Phi) is 6.21. The molecule has 1 atom stereocenters. The zero-order valence-electron chi connectivity index (χ0n) is 12.3. The maximum absolute atomic E-state index is 6.45. The minimum Gasteiger partial charge on any atom is -0.310 e. The number of nitrogens with zero attached hydrogens (tertiary/aromatic N) is 3. The molecule has 0 saturated carbocycles. The molecule has 0 saturated heterocycles. The summed E-state index contributed by atoms with van der Waals surface area (Å²) in [4.78, 5) is 4.37. The highest BCUT2D eigenvalue weighted by Crippen LogP contribution is 2.31. The molecule has 0 aliphatic heterocycles. The summed E-state index contributed by atoms with van der Waals surface area (Å²) in [6.45, 7) is 5.98. The molecule has 0 radical (unpaired) electrons. The monoisotopic (exact) mass is 370 g/mol. The largest absolute Gasteiger partial charge is 0.310 e. The quantitative estimate of drug-likeness (QED) is 0.800. The molecule has 21 heavy (non-hydrogen) atoms. The highest BCUT2D eigenvalue weighted by Gasteiger charge is 2.18. The number of hydrogen-bond acceptors (Lipinski definition) is 3. The number of nitrogens with one attached hydrogen (secondary N) is 1. The van der Waals surface area contributed by atoms with Gasteiger partial charge in [-0.1, -0.05) is 30.7 Å². The van der Waals surface area contributed by atoms with Crippen LogP contribution in [0.1, 0.15) is 37.7 Å². The highest BCUT2D eigenvalue weighted by atomic mass is 79.9. The van der Waals surface area contributed by atoms with E-state index >= 15 is 0 Å². The van der Waals surface area contributed by atoms with Crippen molar-refractivity contribution in [3.63, 3.8) is 0 Å². The van der Waals surface area contributed by atoms with E-state index in [1.165, 1.54) is 0 Å².